The second-order valence-corrected chi connectivity index (χ2v) is 11.6. The Morgan fingerprint density at radius 2 is 1.07 bits per heavy atom. The van der Waals surface area contributed by atoms with E-state index < -0.39 is 0 Å². The number of dihydropyridines is 1. The number of aryl methyl sites for hydroxylation is 2. The van der Waals surface area contributed by atoms with E-state index in [-0.39, 0.29) is 22.7 Å². The molecule has 1 heterocycles. The third-order valence-electron chi connectivity index (χ3n) is 8.78. The van der Waals surface area contributed by atoms with Crippen LogP contribution in [0.15, 0.2) is 123 Å². The molecule has 0 amide bonds. The summed E-state index contributed by atoms with van der Waals surface area (Å²) >= 11 is 0. The normalized spacial score (nSPS) is 17.8. The van der Waals surface area contributed by atoms with Gasteiger partial charge < -0.3 is 0 Å². The molecule has 0 spiro atoms. The number of carbonyl (C=O) groups excluding carboxylic acids is 2. The van der Waals surface area contributed by atoms with Crippen LogP contribution >= 0.6 is 0 Å². The number of Topliss-reactive ketones (excluding diaryl/α,β-unsaturated/α-hetero) is 2. The van der Waals surface area contributed by atoms with E-state index in [0.29, 0.717) is 22.7 Å². The van der Waals surface area contributed by atoms with Crippen LogP contribution in [0.3, 0.4) is 0 Å². The van der Waals surface area contributed by atoms with Crippen LogP contribution in [0.4, 0.5) is 11.4 Å². The van der Waals surface area contributed by atoms with Gasteiger partial charge in [-0.15, -0.1) is 0 Å². The number of benzene rings is 4. The monoisotopic (exact) mass is 575 g/mol. The molecular formula is C39H33N3O2. The molecule has 0 fully saturated rings. The van der Waals surface area contributed by atoms with Gasteiger partial charge in [0.05, 0.1) is 22.5 Å². The lowest BCUT2D eigenvalue weighted by atomic mass is 9.87. The number of hydrogen-bond acceptors (Lipinski definition) is 4. The van der Waals surface area contributed by atoms with E-state index in [2.05, 4.69) is 12.1 Å². The molecule has 5 nitrogen and oxygen atoms in total. The fourth-order valence-electron chi connectivity index (χ4n) is 6.53. The first-order valence-corrected chi connectivity index (χ1v) is 15.5. The van der Waals surface area contributed by atoms with E-state index in [0.717, 1.165) is 56.3 Å². The van der Waals surface area contributed by atoms with Gasteiger partial charge in [0.25, 0.3) is 0 Å². The van der Waals surface area contributed by atoms with E-state index in [1.165, 1.54) is 34.9 Å². The van der Waals surface area contributed by atoms with Gasteiger partial charge in [0.15, 0.2) is 17.4 Å². The highest BCUT2D eigenvalue weighted by Gasteiger charge is 2.32. The van der Waals surface area contributed by atoms with Crippen molar-refractivity contribution in [3.05, 3.63) is 142 Å². The zero-order valence-electron chi connectivity index (χ0n) is 24.6. The summed E-state index contributed by atoms with van der Waals surface area (Å²) in [6.45, 7) is 0. The Hall–Kier alpha value is -5.03. The van der Waals surface area contributed by atoms with Crippen molar-refractivity contribution < 1.29 is 9.59 Å². The highest BCUT2D eigenvalue weighted by molar-refractivity contribution is 6.60. The molecule has 5 heteroatoms. The minimum absolute atomic E-state index is 0.225. The van der Waals surface area contributed by atoms with E-state index in [1.807, 2.05) is 60.7 Å². The number of fused-ring (bicyclic) bond motifs is 2. The predicted octanol–water partition coefficient (Wildman–Crippen LogP) is 8.39. The SMILES string of the molecule is O=C(C1=C(C(=O)c2ccccc2)C(=Nc2cccc3c2CCCC3)C(=Nc2cccc3c2CCCC3)N=C1)c1ccccc1. The van der Waals surface area contributed by atoms with Gasteiger partial charge in [-0.25, -0.2) is 15.0 Å². The second-order valence-electron chi connectivity index (χ2n) is 11.6. The summed E-state index contributed by atoms with van der Waals surface area (Å²) in [5.74, 6) is -0.198. The zero-order chi connectivity index (χ0) is 29.9. The van der Waals surface area contributed by atoms with Crippen LogP contribution < -0.4 is 0 Å². The summed E-state index contributed by atoms with van der Waals surface area (Å²) in [5.41, 5.74) is 8.44. The lowest BCUT2D eigenvalue weighted by Gasteiger charge is -2.21. The molecule has 44 heavy (non-hydrogen) atoms. The molecule has 0 saturated heterocycles. The van der Waals surface area contributed by atoms with Crippen molar-refractivity contribution >= 4 is 40.7 Å². The Morgan fingerprint density at radius 3 is 1.66 bits per heavy atom. The van der Waals surface area contributed by atoms with Crippen LogP contribution in [0.1, 0.15) is 68.7 Å². The molecular weight excluding hydrogens is 542 g/mol. The molecule has 4 aromatic rings. The molecule has 0 N–H and O–H groups in total. The summed E-state index contributed by atoms with van der Waals surface area (Å²) in [5, 5.41) is 0. The summed E-state index contributed by atoms with van der Waals surface area (Å²) in [6, 6.07) is 30.6. The number of aliphatic imine (C=N–C) groups is 3. The number of amidine groups is 1. The molecule has 4 aromatic carbocycles. The van der Waals surface area contributed by atoms with Crippen molar-refractivity contribution in [1.29, 1.82) is 0 Å². The minimum atomic E-state index is -0.276. The zero-order valence-corrected chi connectivity index (χ0v) is 24.6. The molecule has 1 aliphatic heterocycles. The van der Waals surface area contributed by atoms with Crippen LogP contribution in [0.25, 0.3) is 0 Å². The van der Waals surface area contributed by atoms with E-state index in [1.54, 1.807) is 24.3 Å². The van der Waals surface area contributed by atoms with Crippen molar-refractivity contribution in [3.8, 4) is 0 Å². The van der Waals surface area contributed by atoms with Crippen molar-refractivity contribution in [2.75, 3.05) is 0 Å². The van der Waals surface area contributed by atoms with Gasteiger partial charge in [0, 0.05) is 17.3 Å². The lowest BCUT2D eigenvalue weighted by Crippen LogP contribution is -2.29. The molecule has 0 bridgehead atoms. The Balaban J connectivity index is 1.48. The molecule has 3 aliphatic rings. The highest BCUT2D eigenvalue weighted by Crippen LogP contribution is 2.34. The van der Waals surface area contributed by atoms with E-state index in [4.69, 9.17) is 15.0 Å². The van der Waals surface area contributed by atoms with Crippen LogP contribution in [0.5, 0.6) is 0 Å². The lowest BCUT2D eigenvalue weighted by molar-refractivity contribution is 0.101. The predicted molar refractivity (Wildman–Crippen MR) is 177 cm³/mol. The smallest absolute Gasteiger partial charge is 0.196 e. The minimum Gasteiger partial charge on any atom is -0.289 e. The average molecular weight is 576 g/mol. The summed E-state index contributed by atoms with van der Waals surface area (Å²) in [7, 11) is 0. The largest absolute Gasteiger partial charge is 0.289 e. The number of hydrogen-bond donors (Lipinski definition) is 0. The van der Waals surface area contributed by atoms with Gasteiger partial charge in [-0.2, -0.15) is 0 Å². The topological polar surface area (TPSA) is 71.2 Å². The van der Waals surface area contributed by atoms with Gasteiger partial charge >= 0.3 is 0 Å². The van der Waals surface area contributed by atoms with Crippen molar-refractivity contribution in [1.82, 2.24) is 0 Å². The number of allylic oxidation sites excluding steroid dienone is 1. The summed E-state index contributed by atoms with van der Waals surface area (Å²) < 4.78 is 0. The molecule has 216 valence electrons. The summed E-state index contributed by atoms with van der Waals surface area (Å²) in [6.07, 6.45) is 9.94. The number of rotatable bonds is 6. The first kappa shape index (κ1) is 27.8. The van der Waals surface area contributed by atoms with Crippen LogP contribution in [-0.2, 0) is 25.7 Å². The third-order valence-corrected chi connectivity index (χ3v) is 8.78. The van der Waals surface area contributed by atoms with Gasteiger partial charge in [-0.05, 0) is 85.8 Å². The first-order valence-electron chi connectivity index (χ1n) is 15.5. The van der Waals surface area contributed by atoms with Crippen molar-refractivity contribution in [2.24, 2.45) is 15.0 Å². The standard InChI is InChI=1S/C39H33N3O2/c43-37(28-15-3-1-4-16-28)32-25-40-39(42-34-24-12-20-27-14-8-10-22-31(27)34)36(35(32)38(44)29-17-5-2-6-18-29)41-33-23-11-19-26-13-7-9-21-30(26)33/h1-6,11-12,15-20,23-25H,7-10,13-14,21-22H2. The maximum Gasteiger partial charge on any atom is 0.196 e. The Kier molecular flexibility index (Phi) is 7.76. The second kappa shape index (κ2) is 12.3. The molecule has 7 rings (SSSR count). The fourth-order valence-corrected chi connectivity index (χ4v) is 6.53. The Morgan fingerprint density at radius 1 is 0.545 bits per heavy atom. The maximum absolute atomic E-state index is 14.5. The van der Waals surface area contributed by atoms with Crippen LogP contribution in [-0.4, -0.2) is 29.3 Å². The highest BCUT2D eigenvalue weighted by atomic mass is 16.1. The van der Waals surface area contributed by atoms with Gasteiger partial charge in [-0.1, -0.05) is 84.9 Å². The number of carbonyl (C=O) groups is 2. The molecule has 0 atom stereocenters. The molecule has 0 saturated carbocycles. The molecule has 0 radical (unpaired) electrons. The summed E-state index contributed by atoms with van der Waals surface area (Å²) in [4.78, 5) is 43.6. The van der Waals surface area contributed by atoms with E-state index in [9.17, 15) is 9.59 Å². The molecule has 0 unspecified atom stereocenters. The third kappa shape index (κ3) is 5.42. The first-order chi connectivity index (χ1) is 21.7. The van der Waals surface area contributed by atoms with Gasteiger partial charge in [-0.3, -0.25) is 9.59 Å². The van der Waals surface area contributed by atoms with Gasteiger partial charge in [0.2, 0.25) is 0 Å². The maximum atomic E-state index is 14.5. The number of nitrogens with zero attached hydrogens (tertiary/aromatic N) is 3. The Labute approximate surface area is 257 Å². The average Bonchev–Trinajstić information content (AvgIpc) is 3.09. The molecule has 2 aliphatic carbocycles. The van der Waals surface area contributed by atoms with Crippen LogP contribution in [0, 0.1) is 0 Å². The Bertz CT molecular complexity index is 1880. The van der Waals surface area contributed by atoms with Gasteiger partial charge in [0.1, 0.15) is 5.71 Å². The van der Waals surface area contributed by atoms with Crippen molar-refractivity contribution in [3.63, 3.8) is 0 Å². The van der Waals surface area contributed by atoms with Crippen molar-refractivity contribution in [2.45, 2.75) is 51.4 Å². The van der Waals surface area contributed by atoms with Crippen LogP contribution in [0.2, 0.25) is 0 Å². The quantitative estimate of drug-likeness (QED) is 0.217. The number of ketones is 2. The van der Waals surface area contributed by atoms with E-state index >= 15 is 0 Å². The molecule has 0 aromatic heterocycles. The fraction of sp³-hybridized carbons (Fsp3) is 0.205.